The first-order chi connectivity index (χ1) is 10.1. The van der Waals surface area contributed by atoms with Gasteiger partial charge in [-0.15, -0.1) is 5.10 Å². The highest BCUT2D eigenvalue weighted by Crippen LogP contribution is 2.31. The molecule has 0 bridgehead atoms. The van der Waals surface area contributed by atoms with Gasteiger partial charge in [0, 0.05) is 5.71 Å². The van der Waals surface area contributed by atoms with E-state index >= 15 is 0 Å². The van der Waals surface area contributed by atoms with Crippen LogP contribution in [0.1, 0.15) is 26.7 Å². The first kappa shape index (κ1) is 13.7. The van der Waals surface area contributed by atoms with Crippen LogP contribution < -0.4 is 5.01 Å². The van der Waals surface area contributed by atoms with Crippen molar-refractivity contribution in [3.8, 4) is 0 Å². The van der Waals surface area contributed by atoms with E-state index in [0.717, 1.165) is 18.6 Å². The van der Waals surface area contributed by atoms with E-state index in [1.807, 2.05) is 32.0 Å². The maximum Gasteiger partial charge on any atom is 0.265 e. The van der Waals surface area contributed by atoms with Crippen molar-refractivity contribution in [1.29, 1.82) is 0 Å². The second-order valence-electron chi connectivity index (χ2n) is 5.37. The van der Waals surface area contributed by atoms with Crippen LogP contribution in [0.3, 0.4) is 0 Å². The molecule has 2 unspecified atom stereocenters. The van der Waals surface area contributed by atoms with Gasteiger partial charge in [-0.25, -0.2) is 4.99 Å². The fourth-order valence-electron chi connectivity index (χ4n) is 2.84. The number of hydrogen-bond donors (Lipinski definition) is 0. The molecule has 1 aromatic rings. The molecule has 0 aromatic heterocycles. The van der Waals surface area contributed by atoms with Crippen LogP contribution in [-0.2, 0) is 9.59 Å². The molecule has 2 atom stereocenters. The van der Waals surface area contributed by atoms with Crippen molar-refractivity contribution in [2.24, 2.45) is 21.9 Å². The van der Waals surface area contributed by atoms with Crippen LogP contribution in [0.4, 0.5) is 5.69 Å². The van der Waals surface area contributed by atoms with Gasteiger partial charge in [0.05, 0.1) is 11.6 Å². The summed E-state index contributed by atoms with van der Waals surface area (Å²) in [4.78, 5) is 29.5. The highest BCUT2D eigenvalue weighted by atomic mass is 16.2. The quantitative estimate of drug-likeness (QED) is 0.800. The Morgan fingerprint density at radius 3 is 2.57 bits per heavy atom. The summed E-state index contributed by atoms with van der Waals surface area (Å²) >= 11 is 0. The Labute approximate surface area is 123 Å². The summed E-state index contributed by atoms with van der Waals surface area (Å²) in [5.41, 5.74) is 1.43. The number of benzene rings is 1. The molecule has 0 saturated heterocycles. The lowest BCUT2D eigenvalue weighted by Gasteiger charge is -2.22. The minimum Gasteiger partial charge on any atom is -0.298 e. The molecule has 0 N–H and O–H groups in total. The van der Waals surface area contributed by atoms with Crippen molar-refractivity contribution >= 4 is 28.9 Å². The minimum absolute atomic E-state index is 0.0634. The lowest BCUT2D eigenvalue weighted by molar-refractivity contribution is -0.130. The highest BCUT2D eigenvalue weighted by Gasteiger charge is 2.47. The van der Waals surface area contributed by atoms with E-state index in [2.05, 4.69) is 10.1 Å². The van der Waals surface area contributed by atoms with Crippen molar-refractivity contribution < 1.29 is 9.59 Å². The number of para-hydroxylation sites is 1. The zero-order valence-corrected chi connectivity index (χ0v) is 12.1. The first-order valence-electron chi connectivity index (χ1n) is 7.20. The van der Waals surface area contributed by atoms with Crippen molar-refractivity contribution in [3.63, 3.8) is 0 Å². The van der Waals surface area contributed by atoms with Crippen LogP contribution in [0.2, 0.25) is 0 Å². The Morgan fingerprint density at radius 1 is 1.19 bits per heavy atom. The zero-order chi connectivity index (χ0) is 15.0. The Kier molecular flexibility index (Phi) is 3.41. The molecule has 5 heteroatoms. The lowest BCUT2D eigenvalue weighted by atomic mass is 9.83. The SMILES string of the molecule is CCCC1C(=O)C2C(=O)N(c3ccccc3)N=C2N=C1C. The van der Waals surface area contributed by atoms with Gasteiger partial charge in [-0.05, 0) is 25.5 Å². The Morgan fingerprint density at radius 2 is 1.90 bits per heavy atom. The number of amides is 1. The predicted molar refractivity (Wildman–Crippen MR) is 81.4 cm³/mol. The molecule has 0 spiro atoms. The van der Waals surface area contributed by atoms with E-state index < -0.39 is 5.92 Å². The standard InChI is InChI=1S/C16H17N3O2/c1-3-7-12-10(2)17-15-13(14(12)20)16(21)19(18-15)11-8-5-4-6-9-11/h4-6,8-9,12-13H,3,7H2,1-2H3. The summed E-state index contributed by atoms with van der Waals surface area (Å²) in [5.74, 6) is -1.10. The summed E-state index contributed by atoms with van der Waals surface area (Å²) < 4.78 is 0. The molecular weight excluding hydrogens is 266 g/mol. The number of hydrazone groups is 1. The van der Waals surface area contributed by atoms with Crippen LogP contribution in [0.5, 0.6) is 0 Å². The van der Waals surface area contributed by atoms with E-state index in [0.29, 0.717) is 11.5 Å². The summed E-state index contributed by atoms with van der Waals surface area (Å²) in [6, 6.07) is 9.13. The van der Waals surface area contributed by atoms with Gasteiger partial charge < -0.3 is 0 Å². The molecule has 5 nitrogen and oxygen atoms in total. The van der Waals surface area contributed by atoms with Crippen molar-refractivity contribution in [3.05, 3.63) is 30.3 Å². The minimum atomic E-state index is -0.828. The zero-order valence-electron chi connectivity index (χ0n) is 12.1. The average Bonchev–Trinajstić information content (AvgIpc) is 2.81. The van der Waals surface area contributed by atoms with E-state index in [-0.39, 0.29) is 17.6 Å². The van der Waals surface area contributed by atoms with Crippen molar-refractivity contribution in [2.75, 3.05) is 5.01 Å². The van der Waals surface area contributed by atoms with Gasteiger partial charge in [0.25, 0.3) is 5.91 Å². The summed E-state index contributed by atoms with van der Waals surface area (Å²) in [6.07, 6.45) is 1.62. The first-order valence-corrected chi connectivity index (χ1v) is 7.20. The van der Waals surface area contributed by atoms with Gasteiger partial charge in [0.15, 0.2) is 17.5 Å². The van der Waals surface area contributed by atoms with E-state index in [1.165, 1.54) is 5.01 Å². The fourth-order valence-corrected chi connectivity index (χ4v) is 2.84. The molecule has 108 valence electrons. The van der Waals surface area contributed by atoms with Gasteiger partial charge in [-0.1, -0.05) is 31.5 Å². The van der Waals surface area contributed by atoms with Gasteiger partial charge in [0.2, 0.25) is 0 Å². The number of amidine groups is 1. The molecule has 1 aromatic carbocycles. The third kappa shape index (κ3) is 2.18. The van der Waals surface area contributed by atoms with Crippen LogP contribution in [0.15, 0.2) is 40.4 Å². The van der Waals surface area contributed by atoms with Crippen molar-refractivity contribution in [2.45, 2.75) is 26.7 Å². The molecule has 2 aliphatic heterocycles. The fraction of sp³-hybridized carbons (Fsp3) is 0.375. The van der Waals surface area contributed by atoms with Crippen LogP contribution >= 0.6 is 0 Å². The smallest absolute Gasteiger partial charge is 0.265 e. The maximum absolute atomic E-state index is 12.6. The van der Waals surface area contributed by atoms with E-state index in [1.54, 1.807) is 12.1 Å². The number of anilines is 1. The molecule has 0 fully saturated rings. The molecule has 0 radical (unpaired) electrons. The van der Waals surface area contributed by atoms with Crippen LogP contribution in [-0.4, -0.2) is 23.2 Å². The van der Waals surface area contributed by atoms with Gasteiger partial charge in [-0.2, -0.15) is 5.01 Å². The number of aliphatic imine (C=N–C) groups is 1. The van der Waals surface area contributed by atoms with Gasteiger partial charge in [0.1, 0.15) is 0 Å². The van der Waals surface area contributed by atoms with Gasteiger partial charge >= 0.3 is 0 Å². The molecule has 1 amide bonds. The maximum atomic E-state index is 12.6. The number of carbonyl (C=O) groups excluding carboxylic acids is 2. The number of hydrogen-bond acceptors (Lipinski definition) is 4. The normalized spacial score (nSPS) is 24.8. The topological polar surface area (TPSA) is 62.1 Å². The van der Waals surface area contributed by atoms with Gasteiger partial charge in [-0.3, -0.25) is 9.59 Å². The highest BCUT2D eigenvalue weighted by molar-refractivity contribution is 6.34. The number of carbonyl (C=O) groups is 2. The Hall–Kier alpha value is -2.30. The van der Waals surface area contributed by atoms with Crippen molar-refractivity contribution in [1.82, 2.24) is 0 Å². The number of fused-ring (bicyclic) bond motifs is 1. The average molecular weight is 283 g/mol. The second kappa shape index (κ2) is 5.24. The van der Waals surface area contributed by atoms with E-state index in [4.69, 9.17) is 0 Å². The number of rotatable bonds is 3. The molecule has 2 aliphatic rings. The Balaban J connectivity index is 1.97. The molecule has 0 saturated carbocycles. The molecule has 21 heavy (non-hydrogen) atoms. The molecule has 3 rings (SSSR count). The van der Waals surface area contributed by atoms with E-state index in [9.17, 15) is 9.59 Å². The number of nitrogens with zero attached hydrogens (tertiary/aromatic N) is 3. The predicted octanol–water partition coefficient (Wildman–Crippen LogP) is 2.42. The lowest BCUT2D eigenvalue weighted by Crippen LogP contribution is -2.41. The van der Waals surface area contributed by atoms with Crippen LogP contribution in [0.25, 0.3) is 0 Å². The summed E-state index contributed by atoms with van der Waals surface area (Å²) in [5, 5.41) is 5.54. The Bertz CT molecular complexity index is 649. The van der Waals surface area contributed by atoms with Crippen LogP contribution in [0, 0.1) is 11.8 Å². The third-order valence-electron chi connectivity index (χ3n) is 3.92. The summed E-state index contributed by atoms with van der Waals surface area (Å²) in [7, 11) is 0. The molecular formula is C16H17N3O2. The molecule has 2 heterocycles. The number of Topliss-reactive ketones (excluding diaryl/α,β-unsaturated/α-hetero) is 1. The number of ketones is 1. The summed E-state index contributed by atoms with van der Waals surface area (Å²) in [6.45, 7) is 3.86. The largest absolute Gasteiger partial charge is 0.298 e. The molecule has 0 aliphatic carbocycles. The third-order valence-corrected chi connectivity index (χ3v) is 3.92. The second-order valence-corrected chi connectivity index (χ2v) is 5.37. The monoisotopic (exact) mass is 283 g/mol.